The van der Waals surface area contributed by atoms with Crippen LogP contribution < -0.4 is 9.47 Å². The van der Waals surface area contributed by atoms with Gasteiger partial charge in [0.2, 0.25) is 0 Å². The number of methoxy groups -OCH3 is 1. The van der Waals surface area contributed by atoms with E-state index in [1.807, 2.05) is 48.5 Å². The van der Waals surface area contributed by atoms with Crippen LogP contribution in [0.5, 0.6) is 17.2 Å². The molecule has 1 fully saturated rings. The van der Waals surface area contributed by atoms with E-state index in [-0.39, 0.29) is 5.82 Å². The maximum absolute atomic E-state index is 13.9. The van der Waals surface area contributed by atoms with Crippen molar-refractivity contribution in [1.29, 1.82) is 0 Å². The fourth-order valence-electron chi connectivity index (χ4n) is 5.21. The van der Waals surface area contributed by atoms with Gasteiger partial charge in [-0.15, -0.1) is 0 Å². The lowest BCUT2D eigenvalue weighted by atomic mass is 9.91. The highest BCUT2D eigenvalue weighted by Gasteiger charge is 2.19. The summed E-state index contributed by atoms with van der Waals surface area (Å²) in [5.41, 5.74) is 3.22. The van der Waals surface area contributed by atoms with Crippen LogP contribution in [0.4, 0.5) is 4.39 Å². The van der Waals surface area contributed by atoms with Gasteiger partial charge in [0.25, 0.3) is 0 Å². The van der Waals surface area contributed by atoms with E-state index in [0.29, 0.717) is 0 Å². The molecule has 0 saturated carbocycles. The highest BCUT2D eigenvalue weighted by atomic mass is 19.1. The number of rotatable bonds is 9. The molecule has 0 N–H and O–H groups in total. The monoisotopic (exact) mass is 483 g/mol. The molecule has 186 valence electrons. The molecule has 0 bridgehead atoms. The van der Waals surface area contributed by atoms with Crippen molar-refractivity contribution in [1.82, 2.24) is 4.90 Å². The predicted molar refractivity (Wildman–Crippen MR) is 146 cm³/mol. The minimum atomic E-state index is -0.238. The maximum Gasteiger partial charge on any atom is 0.143 e. The molecule has 5 rings (SSSR count). The van der Waals surface area contributed by atoms with Crippen molar-refractivity contribution in [2.24, 2.45) is 0 Å². The number of ether oxygens (including phenoxy) is 2. The molecule has 4 heteroatoms. The van der Waals surface area contributed by atoms with Crippen molar-refractivity contribution in [2.45, 2.75) is 38.5 Å². The van der Waals surface area contributed by atoms with E-state index in [4.69, 9.17) is 9.47 Å². The Morgan fingerprint density at radius 1 is 0.806 bits per heavy atom. The van der Waals surface area contributed by atoms with Crippen molar-refractivity contribution >= 4 is 10.8 Å². The largest absolute Gasteiger partial charge is 0.497 e. The Labute approximate surface area is 213 Å². The molecular formula is C32H34FNO2. The van der Waals surface area contributed by atoms with Gasteiger partial charge in [-0.25, -0.2) is 4.39 Å². The van der Waals surface area contributed by atoms with Crippen LogP contribution in [0.25, 0.3) is 21.9 Å². The second kappa shape index (κ2) is 11.6. The van der Waals surface area contributed by atoms with Crippen LogP contribution >= 0.6 is 0 Å². The molecular weight excluding hydrogens is 449 g/mol. The molecule has 0 aliphatic carbocycles. The Morgan fingerprint density at radius 3 is 2.33 bits per heavy atom. The van der Waals surface area contributed by atoms with E-state index in [1.165, 1.54) is 50.0 Å². The van der Waals surface area contributed by atoms with Gasteiger partial charge < -0.3 is 14.4 Å². The first-order chi connectivity index (χ1) is 17.7. The van der Waals surface area contributed by atoms with Gasteiger partial charge in [-0.3, -0.25) is 0 Å². The topological polar surface area (TPSA) is 21.7 Å². The molecule has 0 radical (unpaired) electrons. The Balaban J connectivity index is 1.55. The molecule has 4 aromatic rings. The molecule has 1 aliphatic heterocycles. The summed E-state index contributed by atoms with van der Waals surface area (Å²) in [6, 6.07) is 25.0. The van der Waals surface area contributed by atoms with Gasteiger partial charge in [-0.1, -0.05) is 42.8 Å². The number of para-hydroxylation sites is 1. The number of hydrogen-bond donors (Lipinski definition) is 0. The Hall–Kier alpha value is -3.37. The number of nitrogens with zero attached hydrogens (tertiary/aromatic N) is 1. The van der Waals surface area contributed by atoms with Gasteiger partial charge in [0.15, 0.2) is 0 Å². The first-order valence-corrected chi connectivity index (χ1v) is 13.1. The summed E-state index contributed by atoms with van der Waals surface area (Å²) in [6.45, 7) is 3.61. The Bertz CT molecular complexity index is 1280. The third-order valence-corrected chi connectivity index (χ3v) is 7.10. The number of aryl methyl sites for hydroxylation is 1. The van der Waals surface area contributed by atoms with Crippen LogP contribution in [0.2, 0.25) is 0 Å². The number of hydrogen-bond acceptors (Lipinski definition) is 3. The zero-order valence-corrected chi connectivity index (χ0v) is 21.0. The van der Waals surface area contributed by atoms with Gasteiger partial charge in [0, 0.05) is 10.9 Å². The number of fused-ring (bicyclic) bond motifs is 1. The zero-order valence-electron chi connectivity index (χ0n) is 21.0. The van der Waals surface area contributed by atoms with Crippen molar-refractivity contribution in [3.63, 3.8) is 0 Å². The highest BCUT2D eigenvalue weighted by Crippen LogP contribution is 2.43. The minimum Gasteiger partial charge on any atom is -0.497 e. The van der Waals surface area contributed by atoms with Gasteiger partial charge in [-0.2, -0.15) is 0 Å². The second-order valence-corrected chi connectivity index (χ2v) is 9.61. The third kappa shape index (κ3) is 5.71. The van der Waals surface area contributed by atoms with Crippen LogP contribution in [0.15, 0.2) is 78.9 Å². The lowest BCUT2D eigenvalue weighted by molar-refractivity contribution is 0.225. The Kier molecular flexibility index (Phi) is 7.82. The van der Waals surface area contributed by atoms with Crippen LogP contribution in [-0.2, 0) is 6.42 Å². The average Bonchev–Trinajstić information content (AvgIpc) is 2.92. The fraction of sp³-hybridized carbons (Fsp3) is 0.312. The quantitative estimate of drug-likeness (QED) is 0.224. The van der Waals surface area contributed by atoms with Gasteiger partial charge in [0.05, 0.1) is 7.11 Å². The first kappa shape index (κ1) is 24.3. The maximum atomic E-state index is 13.9. The molecule has 3 nitrogen and oxygen atoms in total. The first-order valence-electron chi connectivity index (χ1n) is 13.1. The van der Waals surface area contributed by atoms with Crippen LogP contribution in [-0.4, -0.2) is 31.6 Å². The summed E-state index contributed by atoms with van der Waals surface area (Å²) in [5, 5.41) is 2.09. The molecule has 0 amide bonds. The smallest absolute Gasteiger partial charge is 0.143 e. The zero-order chi connectivity index (χ0) is 24.7. The molecule has 1 saturated heterocycles. The van der Waals surface area contributed by atoms with E-state index in [1.54, 1.807) is 7.11 Å². The molecule has 0 aromatic heterocycles. The fourth-order valence-corrected chi connectivity index (χ4v) is 5.21. The predicted octanol–water partition coefficient (Wildman–Crippen LogP) is 8.26. The summed E-state index contributed by atoms with van der Waals surface area (Å²) in [7, 11) is 1.69. The Morgan fingerprint density at radius 2 is 1.58 bits per heavy atom. The molecule has 0 spiro atoms. The van der Waals surface area contributed by atoms with E-state index >= 15 is 0 Å². The highest BCUT2D eigenvalue weighted by molar-refractivity contribution is 5.97. The van der Waals surface area contributed by atoms with E-state index < -0.39 is 0 Å². The van der Waals surface area contributed by atoms with Crippen LogP contribution in [0, 0.1) is 5.82 Å². The SMILES string of the molecule is COc1ccc2c(Oc3ccccc3)c(-c3ccc(F)cc3)c(CCCCN3CCCCC3)cc2c1. The number of halogens is 1. The summed E-state index contributed by atoms with van der Waals surface area (Å²) in [5.74, 6) is 2.16. The van der Waals surface area contributed by atoms with E-state index in [2.05, 4.69) is 23.1 Å². The van der Waals surface area contributed by atoms with Crippen molar-refractivity contribution in [3.8, 4) is 28.4 Å². The summed E-state index contributed by atoms with van der Waals surface area (Å²) in [6.07, 6.45) is 7.18. The molecule has 1 aliphatic rings. The number of benzene rings is 4. The molecule has 0 unspecified atom stereocenters. The van der Waals surface area contributed by atoms with Crippen molar-refractivity contribution in [3.05, 3.63) is 90.2 Å². The number of unbranched alkanes of at least 4 members (excludes halogenated alkanes) is 1. The minimum absolute atomic E-state index is 0.238. The average molecular weight is 484 g/mol. The molecule has 0 atom stereocenters. The van der Waals surface area contributed by atoms with E-state index in [0.717, 1.165) is 65.0 Å². The standard InChI is InChI=1S/C32H34FNO2/c1-35-29-17-18-30-26(23-29)22-25(10-6-9-21-34-19-7-3-8-20-34)31(24-13-15-27(33)16-14-24)32(30)36-28-11-4-2-5-12-28/h2,4-5,11-18,22-23H,3,6-10,19-21H2,1H3. The number of likely N-dealkylation sites (tertiary alicyclic amines) is 1. The van der Waals surface area contributed by atoms with Gasteiger partial charge >= 0.3 is 0 Å². The molecule has 1 heterocycles. The summed E-state index contributed by atoms with van der Waals surface area (Å²) in [4.78, 5) is 2.60. The third-order valence-electron chi connectivity index (χ3n) is 7.10. The summed E-state index contributed by atoms with van der Waals surface area (Å²) >= 11 is 0. The molecule has 36 heavy (non-hydrogen) atoms. The summed E-state index contributed by atoms with van der Waals surface area (Å²) < 4.78 is 26.0. The number of piperidine rings is 1. The lowest BCUT2D eigenvalue weighted by Gasteiger charge is -2.26. The van der Waals surface area contributed by atoms with Crippen molar-refractivity contribution in [2.75, 3.05) is 26.7 Å². The second-order valence-electron chi connectivity index (χ2n) is 9.61. The van der Waals surface area contributed by atoms with Gasteiger partial charge in [0.1, 0.15) is 23.1 Å². The van der Waals surface area contributed by atoms with Gasteiger partial charge in [-0.05, 0) is 111 Å². The molecule has 4 aromatic carbocycles. The lowest BCUT2D eigenvalue weighted by Crippen LogP contribution is -2.30. The van der Waals surface area contributed by atoms with E-state index in [9.17, 15) is 4.39 Å². The van der Waals surface area contributed by atoms with Crippen LogP contribution in [0.3, 0.4) is 0 Å². The van der Waals surface area contributed by atoms with Crippen molar-refractivity contribution < 1.29 is 13.9 Å². The van der Waals surface area contributed by atoms with Crippen LogP contribution in [0.1, 0.15) is 37.7 Å². The normalized spacial score (nSPS) is 14.2.